The van der Waals surface area contributed by atoms with Crippen molar-refractivity contribution in [3.63, 3.8) is 0 Å². The average Bonchev–Trinajstić information content (AvgIpc) is 3.37. The standard InChI is InChI=1S/C23H23ClN6O/c1-13-15(4-3-5-19(13)24)11-25-20-10-21(28-18-6-7-18)30-23(29-20)17(12-26-30)8-16-9-22(31)27-14(16)2/h3-5,8,10,12,18,28H,2,6-7,9,11H2,1H3,(H,25,29)(H,27,31)/b16-8+. The number of amides is 1. The number of rotatable bonds is 6. The number of fused-ring (bicyclic) bond motifs is 1. The molecule has 3 aromatic rings. The van der Waals surface area contributed by atoms with Crippen LogP contribution >= 0.6 is 11.6 Å². The molecule has 1 saturated heterocycles. The molecule has 0 radical (unpaired) electrons. The first-order chi connectivity index (χ1) is 15.0. The maximum absolute atomic E-state index is 11.7. The van der Waals surface area contributed by atoms with E-state index in [4.69, 9.17) is 16.6 Å². The molecule has 2 aromatic heterocycles. The SMILES string of the molecule is C=C1NC(=O)C/C1=C\c1cnn2c(NC3CC3)cc(NCc3cccc(Cl)c3C)nc12. The largest absolute Gasteiger partial charge is 0.367 e. The van der Waals surface area contributed by atoms with Crippen LogP contribution in [0.5, 0.6) is 0 Å². The lowest BCUT2D eigenvalue weighted by Gasteiger charge is -2.13. The first-order valence-corrected chi connectivity index (χ1v) is 10.7. The van der Waals surface area contributed by atoms with Gasteiger partial charge in [-0.05, 0) is 48.6 Å². The van der Waals surface area contributed by atoms with Gasteiger partial charge in [-0.25, -0.2) is 4.98 Å². The Labute approximate surface area is 185 Å². The molecule has 5 rings (SSSR count). The van der Waals surface area contributed by atoms with Crippen molar-refractivity contribution in [2.24, 2.45) is 0 Å². The van der Waals surface area contributed by atoms with Gasteiger partial charge in [-0.3, -0.25) is 4.79 Å². The molecular formula is C23H23ClN6O. The van der Waals surface area contributed by atoms with Crippen molar-refractivity contribution >= 4 is 40.9 Å². The molecule has 158 valence electrons. The van der Waals surface area contributed by atoms with E-state index in [1.807, 2.05) is 35.7 Å². The highest BCUT2D eigenvalue weighted by Gasteiger charge is 2.24. The van der Waals surface area contributed by atoms with E-state index in [1.54, 1.807) is 6.20 Å². The van der Waals surface area contributed by atoms with Crippen LogP contribution in [-0.4, -0.2) is 26.5 Å². The van der Waals surface area contributed by atoms with Crippen LogP contribution in [0.1, 0.15) is 36.0 Å². The van der Waals surface area contributed by atoms with Crippen molar-refractivity contribution in [2.45, 2.75) is 38.8 Å². The number of anilines is 2. The first kappa shape index (κ1) is 19.6. The summed E-state index contributed by atoms with van der Waals surface area (Å²) < 4.78 is 1.81. The molecular weight excluding hydrogens is 412 g/mol. The molecule has 2 fully saturated rings. The van der Waals surface area contributed by atoms with E-state index >= 15 is 0 Å². The van der Waals surface area contributed by atoms with Crippen molar-refractivity contribution < 1.29 is 4.79 Å². The molecule has 7 nitrogen and oxygen atoms in total. The highest BCUT2D eigenvalue weighted by Crippen LogP contribution is 2.29. The number of allylic oxidation sites excluding steroid dienone is 1. The summed E-state index contributed by atoms with van der Waals surface area (Å²) in [6.07, 6.45) is 6.32. The molecule has 1 saturated carbocycles. The monoisotopic (exact) mass is 434 g/mol. The highest BCUT2D eigenvalue weighted by atomic mass is 35.5. The second kappa shape index (κ2) is 7.74. The van der Waals surface area contributed by atoms with E-state index in [9.17, 15) is 4.79 Å². The zero-order chi connectivity index (χ0) is 21.5. The van der Waals surface area contributed by atoms with E-state index in [0.29, 0.717) is 24.7 Å². The number of nitrogens with zero attached hydrogens (tertiary/aromatic N) is 3. The fourth-order valence-electron chi connectivity index (χ4n) is 3.64. The predicted octanol–water partition coefficient (Wildman–Crippen LogP) is 4.29. The molecule has 0 atom stereocenters. The maximum atomic E-state index is 11.7. The number of aromatic nitrogens is 3. The van der Waals surface area contributed by atoms with Crippen LogP contribution in [0.3, 0.4) is 0 Å². The van der Waals surface area contributed by atoms with Crippen LogP contribution in [0.4, 0.5) is 11.6 Å². The van der Waals surface area contributed by atoms with Crippen molar-refractivity contribution in [2.75, 3.05) is 10.6 Å². The molecule has 1 aliphatic carbocycles. The molecule has 2 aliphatic rings. The Morgan fingerprint density at radius 1 is 1.39 bits per heavy atom. The molecule has 0 unspecified atom stereocenters. The van der Waals surface area contributed by atoms with Crippen molar-refractivity contribution in [3.8, 4) is 0 Å². The quantitative estimate of drug-likeness (QED) is 0.539. The topological polar surface area (TPSA) is 83.4 Å². The maximum Gasteiger partial charge on any atom is 0.228 e. The van der Waals surface area contributed by atoms with Crippen LogP contribution in [0.15, 0.2) is 48.3 Å². The molecule has 1 aliphatic heterocycles. The number of halogens is 1. The summed E-state index contributed by atoms with van der Waals surface area (Å²) in [5.74, 6) is 1.59. The molecule has 0 bridgehead atoms. The van der Waals surface area contributed by atoms with Crippen LogP contribution in [0.25, 0.3) is 11.7 Å². The van der Waals surface area contributed by atoms with Crippen LogP contribution in [-0.2, 0) is 11.3 Å². The minimum absolute atomic E-state index is 0.0454. The molecule has 1 amide bonds. The number of nitrogens with one attached hydrogen (secondary N) is 3. The Bertz CT molecular complexity index is 1240. The Kier molecular flexibility index (Phi) is 4.90. The Balaban J connectivity index is 1.50. The molecule has 8 heteroatoms. The summed E-state index contributed by atoms with van der Waals surface area (Å²) in [6, 6.07) is 8.35. The van der Waals surface area contributed by atoms with Gasteiger partial charge in [0.15, 0.2) is 5.65 Å². The predicted molar refractivity (Wildman–Crippen MR) is 123 cm³/mol. The fraction of sp³-hybridized carbons (Fsp3) is 0.261. The second-order valence-corrected chi connectivity index (χ2v) is 8.44. The van der Waals surface area contributed by atoms with E-state index in [1.165, 1.54) is 0 Å². The van der Waals surface area contributed by atoms with Crippen molar-refractivity contribution in [1.82, 2.24) is 19.9 Å². The van der Waals surface area contributed by atoms with Crippen molar-refractivity contribution in [1.29, 1.82) is 0 Å². The lowest BCUT2D eigenvalue weighted by molar-refractivity contribution is -0.118. The minimum Gasteiger partial charge on any atom is -0.367 e. The number of hydrogen-bond donors (Lipinski definition) is 3. The summed E-state index contributed by atoms with van der Waals surface area (Å²) in [7, 11) is 0. The van der Waals surface area contributed by atoms with E-state index in [-0.39, 0.29) is 5.91 Å². The third-order valence-electron chi connectivity index (χ3n) is 5.63. The smallest absolute Gasteiger partial charge is 0.228 e. The van der Waals surface area contributed by atoms with Gasteiger partial charge in [0.25, 0.3) is 0 Å². The van der Waals surface area contributed by atoms with Gasteiger partial charge in [0, 0.05) is 34.9 Å². The summed E-state index contributed by atoms with van der Waals surface area (Å²) in [5, 5.41) is 15.0. The Morgan fingerprint density at radius 3 is 2.97 bits per heavy atom. The molecule has 0 spiro atoms. The molecule has 3 N–H and O–H groups in total. The van der Waals surface area contributed by atoms with E-state index < -0.39 is 0 Å². The minimum atomic E-state index is -0.0454. The molecule has 1 aromatic carbocycles. The Morgan fingerprint density at radius 2 is 2.23 bits per heavy atom. The molecule has 3 heterocycles. The van der Waals surface area contributed by atoms with E-state index in [0.717, 1.165) is 57.4 Å². The zero-order valence-corrected chi connectivity index (χ0v) is 18.0. The number of carbonyl (C=O) groups excluding carboxylic acids is 1. The molecule has 31 heavy (non-hydrogen) atoms. The summed E-state index contributed by atoms with van der Waals surface area (Å²) in [5.41, 5.74) is 5.22. The Hall–Kier alpha value is -3.32. The third kappa shape index (κ3) is 4.01. The lowest BCUT2D eigenvalue weighted by atomic mass is 10.1. The van der Waals surface area contributed by atoms with Gasteiger partial charge in [0.05, 0.1) is 12.6 Å². The number of hydrogen-bond acceptors (Lipinski definition) is 5. The second-order valence-electron chi connectivity index (χ2n) is 8.03. The van der Waals surface area contributed by atoms with Gasteiger partial charge < -0.3 is 16.0 Å². The van der Waals surface area contributed by atoms with Gasteiger partial charge >= 0.3 is 0 Å². The van der Waals surface area contributed by atoms with Crippen LogP contribution in [0, 0.1) is 6.92 Å². The highest BCUT2D eigenvalue weighted by molar-refractivity contribution is 6.31. The summed E-state index contributed by atoms with van der Waals surface area (Å²) in [6.45, 7) is 6.55. The van der Waals surface area contributed by atoms with Gasteiger partial charge in [0.1, 0.15) is 11.6 Å². The van der Waals surface area contributed by atoms with E-state index in [2.05, 4.69) is 33.7 Å². The average molecular weight is 435 g/mol. The normalized spacial score (nSPS) is 17.4. The fourth-order valence-corrected chi connectivity index (χ4v) is 3.83. The van der Waals surface area contributed by atoms with Gasteiger partial charge in [0.2, 0.25) is 5.91 Å². The lowest BCUT2D eigenvalue weighted by Crippen LogP contribution is -2.10. The van der Waals surface area contributed by atoms with Crippen molar-refractivity contribution in [3.05, 3.63) is 70.0 Å². The van der Waals surface area contributed by atoms with Crippen LogP contribution < -0.4 is 16.0 Å². The third-order valence-corrected chi connectivity index (χ3v) is 6.04. The number of benzene rings is 1. The van der Waals surface area contributed by atoms with Gasteiger partial charge in [-0.15, -0.1) is 0 Å². The zero-order valence-electron chi connectivity index (χ0n) is 17.2. The first-order valence-electron chi connectivity index (χ1n) is 10.3. The summed E-state index contributed by atoms with van der Waals surface area (Å²) in [4.78, 5) is 16.5. The van der Waals surface area contributed by atoms with Gasteiger partial charge in [-0.1, -0.05) is 30.3 Å². The van der Waals surface area contributed by atoms with Crippen LogP contribution in [0.2, 0.25) is 5.02 Å². The summed E-state index contributed by atoms with van der Waals surface area (Å²) >= 11 is 6.26. The van der Waals surface area contributed by atoms with Gasteiger partial charge in [-0.2, -0.15) is 9.61 Å². The number of carbonyl (C=O) groups is 1.